The van der Waals surface area contributed by atoms with Crippen molar-refractivity contribution in [2.24, 2.45) is 0 Å². The standard InChI is InChI=1S/C21H18N4O4S/c1-3-29-20(26)13-8-9-24-17(10-13)30-16-6-4-15(5-7-16)25-12-14(11-22)18(23)19(25)21(27)28-2/h4-10,12H,3,23H2,1-2H3. The fraction of sp³-hybridized carbons (Fsp3) is 0.143. The van der Waals surface area contributed by atoms with Crippen LogP contribution in [0.1, 0.15) is 33.3 Å². The highest BCUT2D eigenvalue weighted by atomic mass is 32.2. The molecule has 2 heterocycles. The quantitative estimate of drug-likeness (QED) is 0.600. The summed E-state index contributed by atoms with van der Waals surface area (Å²) in [4.78, 5) is 29.1. The van der Waals surface area contributed by atoms with Crippen LogP contribution in [0, 0.1) is 11.3 Å². The average Bonchev–Trinajstić information content (AvgIpc) is 3.10. The van der Waals surface area contributed by atoms with Gasteiger partial charge >= 0.3 is 11.9 Å². The van der Waals surface area contributed by atoms with Crippen LogP contribution >= 0.6 is 11.8 Å². The molecule has 0 bridgehead atoms. The zero-order valence-corrected chi connectivity index (χ0v) is 17.1. The van der Waals surface area contributed by atoms with Gasteiger partial charge < -0.3 is 19.8 Å². The Labute approximate surface area is 177 Å². The third-order valence-electron chi connectivity index (χ3n) is 4.13. The van der Waals surface area contributed by atoms with E-state index in [-0.39, 0.29) is 16.9 Å². The number of esters is 2. The number of nitrogen functional groups attached to an aromatic ring is 1. The second-order valence-corrected chi connectivity index (χ2v) is 7.07. The maximum Gasteiger partial charge on any atom is 0.357 e. The Morgan fingerprint density at radius 2 is 1.97 bits per heavy atom. The van der Waals surface area contributed by atoms with E-state index in [0.29, 0.717) is 22.9 Å². The molecule has 152 valence electrons. The van der Waals surface area contributed by atoms with Crippen LogP contribution in [-0.2, 0) is 9.47 Å². The Kier molecular flexibility index (Phi) is 6.39. The monoisotopic (exact) mass is 422 g/mol. The summed E-state index contributed by atoms with van der Waals surface area (Å²) in [6.07, 6.45) is 3.05. The van der Waals surface area contributed by atoms with E-state index < -0.39 is 11.9 Å². The van der Waals surface area contributed by atoms with Gasteiger partial charge in [-0.25, -0.2) is 14.6 Å². The lowest BCUT2D eigenvalue weighted by Gasteiger charge is -2.09. The number of anilines is 1. The van der Waals surface area contributed by atoms with Gasteiger partial charge in [-0.3, -0.25) is 0 Å². The zero-order valence-electron chi connectivity index (χ0n) is 16.3. The van der Waals surface area contributed by atoms with Crippen molar-refractivity contribution in [3.63, 3.8) is 0 Å². The van der Waals surface area contributed by atoms with Gasteiger partial charge in [0.25, 0.3) is 0 Å². The van der Waals surface area contributed by atoms with Crippen molar-refractivity contribution < 1.29 is 19.1 Å². The summed E-state index contributed by atoms with van der Waals surface area (Å²) in [7, 11) is 1.25. The average molecular weight is 422 g/mol. The van der Waals surface area contributed by atoms with E-state index in [0.717, 1.165) is 4.90 Å². The van der Waals surface area contributed by atoms with E-state index in [1.54, 1.807) is 37.4 Å². The van der Waals surface area contributed by atoms with E-state index in [4.69, 9.17) is 15.2 Å². The first-order valence-electron chi connectivity index (χ1n) is 8.89. The molecule has 0 amide bonds. The van der Waals surface area contributed by atoms with E-state index in [2.05, 4.69) is 4.98 Å². The van der Waals surface area contributed by atoms with Crippen LogP contribution in [0.4, 0.5) is 5.69 Å². The molecule has 2 aromatic heterocycles. The number of carbonyl (C=O) groups is 2. The van der Waals surface area contributed by atoms with Crippen molar-refractivity contribution in [2.75, 3.05) is 19.5 Å². The number of nitrogens with two attached hydrogens (primary N) is 1. The molecule has 0 spiro atoms. The SMILES string of the molecule is CCOC(=O)c1ccnc(Sc2ccc(-n3cc(C#N)c(N)c3C(=O)OC)cc2)c1. The zero-order chi connectivity index (χ0) is 21.7. The molecule has 30 heavy (non-hydrogen) atoms. The first kappa shape index (κ1) is 21.0. The molecule has 0 radical (unpaired) electrons. The molecule has 0 aliphatic heterocycles. The molecule has 0 saturated carbocycles. The molecule has 0 unspecified atom stereocenters. The summed E-state index contributed by atoms with van der Waals surface area (Å²) in [6, 6.07) is 12.5. The lowest BCUT2D eigenvalue weighted by atomic mass is 10.2. The van der Waals surface area contributed by atoms with Crippen molar-refractivity contribution in [2.45, 2.75) is 16.8 Å². The van der Waals surface area contributed by atoms with Gasteiger partial charge in [-0.15, -0.1) is 0 Å². The van der Waals surface area contributed by atoms with Gasteiger partial charge in [0.15, 0.2) is 5.69 Å². The van der Waals surface area contributed by atoms with Crippen LogP contribution in [0.5, 0.6) is 0 Å². The number of benzene rings is 1. The first-order valence-corrected chi connectivity index (χ1v) is 9.70. The van der Waals surface area contributed by atoms with E-state index >= 15 is 0 Å². The highest BCUT2D eigenvalue weighted by Gasteiger charge is 2.21. The molecule has 0 aliphatic carbocycles. The molecule has 0 atom stereocenters. The number of rotatable bonds is 6. The van der Waals surface area contributed by atoms with E-state index in [1.165, 1.54) is 29.6 Å². The molecule has 0 fully saturated rings. The van der Waals surface area contributed by atoms with Gasteiger partial charge in [0.2, 0.25) is 0 Å². The van der Waals surface area contributed by atoms with Crippen LogP contribution in [0.2, 0.25) is 0 Å². The molecule has 8 nitrogen and oxygen atoms in total. The smallest absolute Gasteiger partial charge is 0.357 e. The molecule has 2 N–H and O–H groups in total. The normalized spacial score (nSPS) is 10.3. The van der Waals surface area contributed by atoms with Gasteiger partial charge in [0, 0.05) is 23.0 Å². The predicted molar refractivity (Wildman–Crippen MR) is 111 cm³/mol. The number of aromatic nitrogens is 2. The summed E-state index contributed by atoms with van der Waals surface area (Å²) in [5.41, 5.74) is 7.35. The Morgan fingerprint density at radius 1 is 1.23 bits per heavy atom. The minimum atomic E-state index is -0.632. The van der Waals surface area contributed by atoms with Crippen LogP contribution < -0.4 is 5.73 Å². The molecule has 3 rings (SSSR count). The molecule has 3 aromatic rings. The summed E-state index contributed by atoms with van der Waals surface area (Å²) in [5.74, 6) is -1.03. The molecule has 9 heteroatoms. The van der Waals surface area contributed by atoms with Crippen LogP contribution in [0.25, 0.3) is 5.69 Å². The van der Waals surface area contributed by atoms with Crippen molar-refractivity contribution >= 4 is 29.4 Å². The summed E-state index contributed by atoms with van der Waals surface area (Å²) < 4.78 is 11.3. The largest absolute Gasteiger partial charge is 0.464 e. The minimum Gasteiger partial charge on any atom is -0.464 e. The second kappa shape index (κ2) is 9.15. The summed E-state index contributed by atoms with van der Waals surface area (Å²) in [5, 5.41) is 9.86. The van der Waals surface area contributed by atoms with Crippen LogP contribution in [-0.4, -0.2) is 35.2 Å². The number of hydrogen-bond acceptors (Lipinski definition) is 8. The topological polar surface area (TPSA) is 120 Å². The number of hydrogen-bond donors (Lipinski definition) is 1. The number of ether oxygens (including phenoxy) is 2. The minimum absolute atomic E-state index is 0.0720. The van der Waals surface area contributed by atoms with Crippen molar-refractivity contribution in [1.29, 1.82) is 5.26 Å². The molecule has 0 saturated heterocycles. The lowest BCUT2D eigenvalue weighted by molar-refractivity contribution is 0.0524. The third kappa shape index (κ3) is 4.29. The van der Waals surface area contributed by atoms with Gasteiger partial charge in [-0.2, -0.15) is 5.26 Å². The van der Waals surface area contributed by atoms with Crippen LogP contribution in [0.15, 0.2) is 58.7 Å². The number of pyridine rings is 1. The molecule has 1 aromatic carbocycles. The Hall–Kier alpha value is -3.77. The Bertz CT molecular complexity index is 1130. The number of carbonyl (C=O) groups excluding carboxylic acids is 2. The van der Waals surface area contributed by atoms with Gasteiger partial charge in [0.05, 0.1) is 30.5 Å². The summed E-state index contributed by atoms with van der Waals surface area (Å²) >= 11 is 1.37. The predicted octanol–water partition coefficient (Wildman–Crippen LogP) is 3.44. The maximum atomic E-state index is 12.1. The fourth-order valence-corrected chi connectivity index (χ4v) is 3.53. The maximum absolute atomic E-state index is 12.1. The van der Waals surface area contributed by atoms with Crippen LogP contribution in [0.3, 0.4) is 0 Å². The summed E-state index contributed by atoms with van der Waals surface area (Å²) in [6.45, 7) is 2.05. The fourth-order valence-electron chi connectivity index (χ4n) is 2.72. The van der Waals surface area contributed by atoms with E-state index in [1.807, 2.05) is 18.2 Å². The first-order chi connectivity index (χ1) is 14.5. The molecular weight excluding hydrogens is 404 g/mol. The highest BCUT2D eigenvalue weighted by molar-refractivity contribution is 7.99. The Morgan fingerprint density at radius 3 is 2.60 bits per heavy atom. The highest BCUT2D eigenvalue weighted by Crippen LogP contribution is 2.29. The number of methoxy groups -OCH3 is 1. The molecular formula is C21H18N4O4S. The van der Waals surface area contributed by atoms with Crippen molar-refractivity contribution in [3.8, 4) is 11.8 Å². The van der Waals surface area contributed by atoms with Crippen molar-refractivity contribution in [3.05, 3.63) is 65.6 Å². The number of nitriles is 1. The van der Waals surface area contributed by atoms with E-state index in [9.17, 15) is 14.9 Å². The third-order valence-corrected chi connectivity index (χ3v) is 5.07. The van der Waals surface area contributed by atoms with Gasteiger partial charge in [-0.1, -0.05) is 11.8 Å². The number of nitrogens with zero attached hydrogens (tertiary/aromatic N) is 3. The van der Waals surface area contributed by atoms with Gasteiger partial charge in [0.1, 0.15) is 11.1 Å². The van der Waals surface area contributed by atoms with Gasteiger partial charge in [-0.05, 0) is 43.3 Å². The van der Waals surface area contributed by atoms with Crippen molar-refractivity contribution in [1.82, 2.24) is 9.55 Å². The Balaban J connectivity index is 1.87. The second-order valence-electron chi connectivity index (χ2n) is 5.98. The lowest BCUT2D eigenvalue weighted by Crippen LogP contribution is -2.11. The molecule has 0 aliphatic rings.